The lowest BCUT2D eigenvalue weighted by atomic mass is 9.82. The van der Waals surface area contributed by atoms with Gasteiger partial charge in [-0.1, -0.05) is 26.2 Å². The lowest BCUT2D eigenvalue weighted by molar-refractivity contribution is -0.147. The fraction of sp³-hybridized carbons (Fsp3) is 1.00. The standard InChI is InChI=1S/C11H21F3N2/c1-2-16(9-11(12,13)14)8-10(15)6-4-3-5-7-10/h2-9,15H2,1H3. The molecule has 0 aromatic heterocycles. The summed E-state index contributed by atoms with van der Waals surface area (Å²) >= 11 is 0. The quantitative estimate of drug-likeness (QED) is 0.815. The van der Waals surface area contributed by atoms with Crippen LogP contribution in [0.25, 0.3) is 0 Å². The molecule has 2 nitrogen and oxygen atoms in total. The van der Waals surface area contributed by atoms with Gasteiger partial charge in [0.2, 0.25) is 0 Å². The number of halogens is 3. The summed E-state index contributed by atoms with van der Waals surface area (Å²) in [6.45, 7) is 1.67. The molecule has 0 aliphatic heterocycles. The Labute approximate surface area is 95.0 Å². The van der Waals surface area contributed by atoms with E-state index in [0.717, 1.165) is 32.1 Å². The van der Waals surface area contributed by atoms with Crippen molar-refractivity contribution < 1.29 is 13.2 Å². The van der Waals surface area contributed by atoms with E-state index < -0.39 is 18.3 Å². The van der Waals surface area contributed by atoms with Crippen molar-refractivity contribution in [3.05, 3.63) is 0 Å². The summed E-state index contributed by atoms with van der Waals surface area (Å²) in [5, 5.41) is 0. The van der Waals surface area contributed by atoms with Crippen molar-refractivity contribution in [3.8, 4) is 0 Å². The molecule has 0 saturated heterocycles. The number of hydrogen-bond donors (Lipinski definition) is 1. The maximum Gasteiger partial charge on any atom is 0.401 e. The second-order valence-corrected chi connectivity index (χ2v) is 4.84. The lowest BCUT2D eigenvalue weighted by Gasteiger charge is -2.38. The molecule has 0 unspecified atom stereocenters. The maximum absolute atomic E-state index is 12.3. The molecular weight excluding hydrogens is 217 g/mol. The summed E-state index contributed by atoms with van der Waals surface area (Å²) in [5.74, 6) is 0. The summed E-state index contributed by atoms with van der Waals surface area (Å²) in [6.07, 6.45) is 0.814. The Bertz CT molecular complexity index is 210. The number of nitrogens with two attached hydrogens (primary N) is 1. The highest BCUT2D eigenvalue weighted by atomic mass is 19.4. The third-order valence-corrected chi connectivity index (χ3v) is 3.24. The first-order chi connectivity index (χ1) is 7.35. The second-order valence-electron chi connectivity index (χ2n) is 4.84. The summed E-state index contributed by atoms with van der Waals surface area (Å²) in [6, 6.07) is 0. The van der Waals surface area contributed by atoms with Crippen molar-refractivity contribution >= 4 is 0 Å². The van der Waals surface area contributed by atoms with Gasteiger partial charge in [0, 0.05) is 12.1 Å². The van der Waals surface area contributed by atoms with Crippen LogP contribution in [-0.2, 0) is 0 Å². The van der Waals surface area contributed by atoms with E-state index in [4.69, 9.17) is 5.73 Å². The van der Waals surface area contributed by atoms with E-state index in [0.29, 0.717) is 13.1 Å². The molecule has 1 saturated carbocycles. The van der Waals surface area contributed by atoms with E-state index in [1.807, 2.05) is 0 Å². The highest BCUT2D eigenvalue weighted by molar-refractivity contribution is 4.90. The molecule has 16 heavy (non-hydrogen) atoms. The largest absolute Gasteiger partial charge is 0.401 e. The highest BCUT2D eigenvalue weighted by Crippen LogP contribution is 2.27. The molecule has 0 heterocycles. The number of likely N-dealkylation sites (N-methyl/N-ethyl adjacent to an activating group) is 1. The fourth-order valence-corrected chi connectivity index (χ4v) is 2.39. The van der Waals surface area contributed by atoms with Gasteiger partial charge in [-0.15, -0.1) is 0 Å². The Hall–Kier alpha value is -0.290. The van der Waals surface area contributed by atoms with Crippen molar-refractivity contribution in [2.75, 3.05) is 19.6 Å². The number of rotatable bonds is 4. The van der Waals surface area contributed by atoms with Crippen LogP contribution < -0.4 is 5.73 Å². The molecule has 1 fully saturated rings. The predicted octanol–water partition coefficient (Wildman–Crippen LogP) is 2.53. The average Bonchev–Trinajstić information content (AvgIpc) is 2.15. The molecule has 1 aliphatic rings. The fourth-order valence-electron chi connectivity index (χ4n) is 2.39. The third-order valence-electron chi connectivity index (χ3n) is 3.24. The number of hydrogen-bond acceptors (Lipinski definition) is 2. The molecule has 5 heteroatoms. The van der Waals surface area contributed by atoms with Crippen molar-refractivity contribution in [1.82, 2.24) is 4.90 Å². The number of nitrogens with zero attached hydrogens (tertiary/aromatic N) is 1. The Morgan fingerprint density at radius 2 is 1.75 bits per heavy atom. The van der Waals surface area contributed by atoms with Crippen molar-refractivity contribution in [3.63, 3.8) is 0 Å². The molecule has 2 N–H and O–H groups in total. The summed E-state index contributed by atoms with van der Waals surface area (Å²) < 4.78 is 36.9. The lowest BCUT2D eigenvalue weighted by Crippen LogP contribution is -2.53. The third kappa shape index (κ3) is 4.70. The molecule has 0 amide bonds. The minimum Gasteiger partial charge on any atom is -0.324 e. The van der Waals surface area contributed by atoms with E-state index >= 15 is 0 Å². The van der Waals surface area contributed by atoms with E-state index in [1.54, 1.807) is 6.92 Å². The highest BCUT2D eigenvalue weighted by Gasteiger charge is 2.35. The van der Waals surface area contributed by atoms with Gasteiger partial charge in [0.1, 0.15) is 0 Å². The van der Waals surface area contributed by atoms with Crippen LogP contribution in [0.15, 0.2) is 0 Å². The monoisotopic (exact) mass is 238 g/mol. The molecule has 0 radical (unpaired) electrons. The molecule has 1 rings (SSSR count). The first kappa shape index (κ1) is 13.8. The van der Waals surface area contributed by atoms with Gasteiger partial charge >= 0.3 is 6.18 Å². The normalized spacial score (nSPS) is 21.4. The molecular formula is C11H21F3N2. The zero-order valence-electron chi connectivity index (χ0n) is 9.82. The van der Waals surface area contributed by atoms with Gasteiger partial charge in [0.15, 0.2) is 0 Å². The molecule has 0 bridgehead atoms. The van der Waals surface area contributed by atoms with Crippen molar-refractivity contribution in [1.29, 1.82) is 0 Å². The average molecular weight is 238 g/mol. The second kappa shape index (κ2) is 5.36. The van der Waals surface area contributed by atoms with E-state index in [9.17, 15) is 13.2 Å². The maximum atomic E-state index is 12.3. The first-order valence-corrected chi connectivity index (χ1v) is 5.93. The molecule has 0 spiro atoms. The minimum atomic E-state index is -4.12. The van der Waals surface area contributed by atoms with E-state index in [2.05, 4.69) is 0 Å². The minimum absolute atomic E-state index is 0.364. The van der Waals surface area contributed by atoms with Crippen LogP contribution >= 0.6 is 0 Å². The Kier molecular flexibility index (Phi) is 4.62. The molecule has 1 aliphatic carbocycles. The van der Waals surface area contributed by atoms with Gasteiger partial charge in [-0.3, -0.25) is 4.90 Å². The van der Waals surface area contributed by atoms with Gasteiger partial charge < -0.3 is 5.73 Å². The predicted molar refractivity (Wildman–Crippen MR) is 58.2 cm³/mol. The van der Waals surface area contributed by atoms with Crippen LogP contribution in [0.1, 0.15) is 39.0 Å². The SMILES string of the molecule is CCN(CC(F)(F)F)CC1(N)CCCCC1. The topological polar surface area (TPSA) is 29.3 Å². The summed E-state index contributed by atoms with van der Waals surface area (Å²) in [5.41, 5.74) is 5.74. The Morgan fingerprint density at radius 3 is 2.19 bits per heavy atom. The Morgan fingerprint density at radius 1 is 1.19 bits per heavy atom. The smallest absolute Gasteiger partial charge is 0.324 e. The van der Waals surface area contributed by atoms with Crippen LogP contribution in [0.3, 0.4) is 0 Å². The van der Waals surface area contributed by atoms with Gasteiger partial charge in [-0.25, -0.2) is 0 Å². The van der Waals surface area contributed by atoms with Gasteiger partial charge in [-0.05, 0) is 19.4 Å². The number of alkyl halides is 3. The van der Waals surface area contributed by atoms with Gasteiger partial charge in [-0.2, -0.15) is 13.2 Å². The van der Waals surface area contributed by atoms with Gasteiger partial charge in [0.05, 0.1) is 6.54 Å². The van der Waals surface area contributed by atoms with Crippen LogP contribution in [0.5, 0.6) is 0 Å². The molecule has 0 aromatic carbocycles. The zero-order valence-corrected chi connectivity index (χ0v) is 9.82. The first-order valence-electron chi connectivity index (χ1n) is 5.93. The molecule has 0 aromatic rings. The summed E-state index contributed by atoms with van der Waals surface area (Å²) in [7, 11) is 0. The summed E-state index contributed by atoms with van der Waals surface area (Å²) in [4.78, 5) is 1.41. The van der Waals surface area contributed by atoms with Crippen LogP contribution in [0.4, 0.5) is 13.2 Å². The molecule has 0 atom stereocenters. The van der Waals surface area contributed by atoms with E-state index in [1.165, 1.54) is 4.90 Å². The Balaban J connectivity index is 2.48. The van der Waals surface area contributed by atoms with Crippen LogP contribution in [0, 0.1) is 0 Å². The zero-order chi connectivity index (χ0) is 12.2. The van der Waals surface area contributed by atoms with Crippen LogP contribution in [-0.4, -0.2) is 36.2 Å². The van der Waals surface area contributed by atoms with Crippen LogP contribution in [0.2, 0.25) is 0 Å². The van der Waals surface area contributed by atoms with Crippen molar-refractivity contribution in [2.45, 2.75) is 50.7 Å². The van der Waals surface area contributed by atoms with Crippen molar-refractivity contribution in [2.24, 2.45) is 5.73 Å². The van der Waals surface area contributed by atoms with E-state index in [-0.39, 0.29) is 0 Å². The molecule has 96 valence electrons. The van der Waals surface area contributed by atoms with Gasteiger partial charge in [0.25, 0.3) is 0 Å².